The average Bonchev–Trinajstić information content (AvgIpc) is 2.99. The van der Waals surface area contributed by atoms with Crippen molar-refractivity contribution in [3.05, 3.63) is 34.9 Å². The predicted octanol–water partition coefficient (Wildman–Crippen LogP) is 3.26. The van der Waals surface area contributed by atoms with Crippen LogP contribution >= 0.6 is 11.6 Å². The number of hydrogen-bond acceptors (Lipinski definition) is 4. The molecular formula is C13H13ClFN3O. The third-order valence-electron chi connectivity index (χ3n) is 3.53. The highest BCUT2D eigenvalue weighted by atomic mass is 35.5. The highest BCUT2D eigenvalue weighted by Gasteiger charge is 2.36. The number of nitrogens with two attached hydrogens (primary N) is 1. The van der Waals surface area contributed by atoms with Crippen molar-refractivity contribution in [3.63, 3.8) is 0 Å². The molecule has 0 unspecified atom stereocenters. The van der Waals surface area contributed by atoms with Crippen LogP contribution in [0.3, 0.4) is 0 Å². The first-order valence-electron chi connectivity index (χ1n) is 6.17. The van der Waals surface area contributed by atoms with E-state index in [9.17, 15) is 4.39 Å². The summed E-state index contributed by atoms with van der Waals surface area (Å²) < 4.78 is 18.2. The van der Waals surface area contributed by atoms with Gasteiger partial charge in [0, 0.05) is 0 Å². The predicted molar refractivity (Wildman–Crippen MR) is 69.0 cm³/mol. The van der Waals surface area contributed by atoms with Gasteiger partial charge in [0.05, 0.1) is 16.1 Å². The van der Waals surface area contributed by atoms with Crippen molar-refractivity contribution in [2.24, 2.45) is 5.73 Å². The lowest BCUT2D eigenvalue weighted by atomic mass is 9.99. The normalized spacial score (nSPS) is 17.8. The highest BCUT2D eigenvalue weighted by Crippen LogP contribution is 2.36. The second-order valence-electron chi connectivity index (χ2n) is 4.91. The van der Waals surface area contributed by atoms with E-state index in [0.717, 1.165) is 25.7 Å². The van der Waals surface area contributed by atoms with E-state index in [1.165, 1.54) is 18.2 Å². The van der Waals surface area contributed by atoms with E-state index >= 15 is 0 Å². The van der Waals surface area contributed by atoms with Crippen molar-refractivity contribution in [1.29, 1.82) is 0 Å². The van der Waals surface area contributed by atoms with Gasteiger partial charge in [-0.1, -0.05) is 29.6 Å². The number of aromatic nitrogens is 2. The first-order valence-corrected chi connectivity index (χ1v) is 6.55. The zero-order valence-corrected chi connectivity index (χ0v) is 11.0. The monoisotopic (exact) mass is 281 g/mol. The van der Waals surface area contributed by atoms with Crippen LogP contribution in [0.15, 0.2) is 22.7 Å². The van der Waals surface area contributed by atoms with Gasteiger partial charge in [0.2, 0.25) is 0 Å². The molecule has 0 saturated heterocycles. The Bertz CT molecular complexity index is 608. The van der Waals surface area contributed by atoms with Crippen LogP contribution < -0.4 is 5.73 Å². The van der Waals surface area contributed by atoms with E-state index in [0.29, 0.717) is 11.4 Å². The lowest BCUT2D eigenvalue weighted by Crippen LogP contribution is -2.34. The van der Waals surface area contributed by atoms with E-state index in [2.05, 4.69) is 10.1 Å². The molecule has 4 nitrogen and oxygen atoms in total. The Morgan fingerprint density at radius 2 is 2.05 bits per heavy atom. The first-order chi connectivity index (χ1) is 9.08. The fourth-order valence-corrected chi connectivity index (χ4v) is 2.68. The summed E-state index contributed by atoms with van der Waals surface area (Å²) in [5.41, 5.74) is 6.27. The van der Waals surface area contributed by atoms with Crippen molar-refractivity contribution in [2.75, 3.05) is 0 Å². The molecule has 2 aromatic rings. The van der Waals surface area contributed by atoms with Gasteiger partial charge in [-0.3, -0.25) is 0 Å². The number of rotatable bonds is 2. The van der Waals surface area contributed by atoms with Crippen LogP contribution in [-0.2, 0) is 5.54 Å². The fourth-order valence-electron chi connectivity index (χ4n) is 2.43. The van der Waals surface area contributed by atoms with E-state index in [1.54, 1.807) is 0 Å². The Labute approximate surface area is 114 Å². The van der Waals surface area contributed by atoms with Gasteiger partial charge in [-0.15, -0.1) is 0 Å². The van der Waals surface area contributed by atoms with Crippen LogP contribution in [0.25, 0.3) is 11.5 Å². The molecule has 6 heteroatoms. The minimum atomic E-state index is -0.506. The van der Waals surface area contributed by atoms with Crippen molar-refractivity contribution in [1.82, 2.24) is 10.1 Å². The molecule has 0 bridgehead atoms. The first kappa shape index (κ1) is 12.6. The minimum Gasteiger partial charge on any atom is -0.334 e. The zero-order valence-electron chi connectivity index (χ0n) is 10.2. The lowest BCUT2D eigenvalue weighted by molar-refractivity contribution is 0.372. The molecule has 3 rings (SSSR count). The maximum atomic E-state index is 13.0. The second kappa shape index (κ2) is 4.58. The molecule has 19 heavy (non-hydrogen) atoms. The fraction of sp³-hybridized carbons (Fsp3) is 0.385. The minimum absolute atomic E-state index is 0.243. The molecule has 0 aliphatic heterocycles. The van der Waals surface area contributed by atoms with Gasteiger partial charge < -0.3 is 10.3 Å². The second-order valence-corrected chi connectivity index (χ2v) is 5.32. The SMILES string of the molecule is NC1(c2noc(-c3ccc(F)cc3Cl)n2)CCCC1. The maximum Gasteiger partial charge on any atom is 0.259 e. The molecule has 100 valence electrons. The summed E-state index contributed by atoms with van der Waals surface area (Å²) in [6.45, 7) is 0. The van der Waals surface area contributed by atoms with E-state index < -0.39 is 11.4 Å². The molecule has 0 amide bonds. The van der Waals surface area contributed by atoms with Gasteiger partial charge in [0.25, 0.3) is 5.89 Å². The van der Waals surface area contributed by atoms with E-state index in [4.69, 9.17) is 21.9 Å². The third-order valence-corrected chi connectivity index (χ3v) is 3.84. The van der Waals surface area contributed by atoms with E-state index in [-0.39, 0.29) is 10.9 Å². The van der Waals surface area contributed by atoms with Crippen LogP contribution in [0.5, 0.6) is 0 Å². The molecule has 1 saturated carbocycles. The summed E-state index contributed by atoms with van der Waals surface area (Å²) in [5, 5.41) is 4.19. The van der Waals surface area contributed by atoms with Crippen LogP contribution in [0.2, 0.25) is 5.02 Å². The summed E-state index contributed by atoms with van der Waals surface area (Å²) in [6, 6.07) is 4.04. The summed E-state index contributed by atoms with van der Waals surface area (Å²) in [6.07, 6.45) is 3.83. The van der Waals surface area contributed by atoms with Crippen LogP contribution in [-0.4, -0.2) is 10.1 Å². The Hall–Kier alpha value is -1.46. The van der Waals surface area contributed by atoms with Crippen molar-refractivity contribution >= 4 is 11.6 Å². The molecule has 1 aliphatic carbocycles. The summed E-state index contributed by atoms with van der Waals surface area (Å²) in [7, 11) is 0. The molecule has 0 radical (unpaired) electrons. The lowest BCUT2D eigenvalue weighted by Gasteiger charge is -2.17. The van der Waals surface area contributed by atoms with Crippen LogP contribution in [0.4, 0.5) is 4.39 Å². The smallest absolute Gasteiger partial charge is 0.259 e. The standard InChI is InChI=1S/C13H13ClFN3O/c14-10-7-8(15)3-4-9(10)11-17-12(18-19-11)13(16)5-1-2-6-13/h3-4,7H,1-2,5-6,16H2. The molecule has 1 aromatic carbocycles. The van der Waals surface area contributed by atoms with Gasteiger partial charge in [-0.05, 0) is 31.0 Å². The highest BCUT2D eigenvalue weighted by molar-refractivity contribution is 6.33. The molecule has 1 aromatic heterocycles. The summed E-state index contributed by atoms with van der Waals surface area (Å²) in [4.78, 5) is 4.32. The molecule has 0 spiro atoms. The molecule has 2 N–H and O–H groups in total. The molecule has 1 heterocycles. The van der Waals surface area contributed by atoms with Gasteiger partial charge in [0.1, 0.15) is 5.82 Å². The molecular weight excluding hydrogens is 269 g/mol. The number of benzene rings is 1. The van der Waals surface area contributed by atoms with Crippen LogP contribution in [0.1, 0.15) is 31.5 Å². The topological polar surface area (TPSA) is 64.9 Å². The zero-order chi connectivity index (χ0) is 13.5. The Morgan fingerprint density at radius 1 is 1.32 bits per heavy atom. The van der Waals surface area contributed by atoms with Gasteiger partial charge >= 0.3 is 0 Å². The van der Waals surface area contributed by atoms with Crippen molar-refractivity contribution in [3.8, 4) is 11.5 Å². The third kappa shape index (κ3) is 2.24. The Morgan fingerprint density at radius 3 is 2.74 bits per heavy atom. The van der Waals surface area contributed by atoms with Crippen molar-refractivity contribution in [2.45, 2.75) is 31.2 Å². The average molecular weight is 282 g/mol. The number of halogens is 2. The Kier molecular flexibility index (Phi) is 3.03. The number of nitrogens with zero attached hydrogens (tertiary/aromatic N) is 2. The summed E-state index contributed by atoms with van der Waals surface area (Å²) in [5.74, 6) is 0.372. The molecule has 1 fully saturated rings. The summed E-state index contributed by atoms with van der Waals surface area (Å²) >= 11 is 5.97. The van der Waals surface area contributed by atoms with Crippen LogP contribution in [0, 0.1) is 5.82 Å². The number of hydrogen-bond donors (Lipinski definition) is 1. The maximum absolute atomic E-state index is 13.0. The van der Waals surface area contributed by atoms with Gasteiger partial charge in [0.15, 0.2) is 5.82 Å². The quantitative estimate of drug-likeness (QED) is 0.917. The molecule has 0 atom stereocenters. The van der Waals surface area contributed by atoms with E-state index in [1.807, 2.05) is 0 Å². The van der Waals surface area contributed by atoms with Gasteiger partial charge in [-0.25, -0.2) is 4.39 Å². The van der Waals surface area contributed by atoms with Crippen molar-refractivity contribution < 1.29 is 8.91 Å². The van der Waals surface area contributed by atoms with Gasteiger partial charge in [-0.2, -0.15) is 4.98 Å². The Balaban J connectivity index is 1.97. The molecule has 1 aliphatic rings. The largest absolute Gasteiger partial charge is 0.334 e.